The SMILES string of the molecule is FC(F)(c1cccs1)C(F)(F)C(F)(F)C(F)(F)C(F)(F)c1cccs1. The average Bonchev–Trinajstić information content (AvgIpc) is 3.19. The maximum Gasteiger partial charge on any atom is 0.385 e. The molecule has 0 aliphatic carbocycles. The lowest BCUT2D eigenvalue weighted by Gasteiger charge is -2.38. The van der Waals surface area contributed by atoms with Gasteiger partial charge >= 0.3 is 29.6 Å². The molecule has 0 fully saturated rings. The Morgan fingerprint density at radius 2 is 0.840 bits per heavy atom. The molecule has 0 unspecified atom stereocenters. The molecule has 25 heavy (non-hydrogen) atoms. The highest BCUT2D eigenvalue weighted by Crippen LogP contribution is 2.62. The standard InChI is InChI=1S/C13H6F10S2/c14-9(15,7-3-1-5-24-7)11(18,19)13(22,23)12(20,21)10(16,17)8-4-2-6-25-8/h1-6H. The fourth-order valence-electron chi connectivity index (χ4n) is 1.82. The van der Waals surface area contributed by atoms with Crippen molar-refractivity contribution in [1.29, 1.82) is 0 Å². The van der Waals surface area contributed by atoms with Gasteiger partial charge in [-0.05, 0) is 22.9 Å². The van der Waals surface area contributed by atoms with Gasteiger partial charge in [-0.25, -0.2) is 0 Å². The van der Waals surface area contributed by atoms with E-state index < -0.39 is 39.4 Å². The molecule has 2 heterocycles. The second-order valence-electron chi connectivity index (χ2n) is 4.83. The van der Waals surface area contributed by atoms with Crippen LogP contribution in [0.25, 0.3) is 0 Å². The minimum Gasteiger partial charge on any atom is -0.193 e. The lowest BCUT2D eigenvalue weighted by molar-refractivity contribution is -0.406. The molecule has 0 radical (unpaired) electrons. The van der Waals surface area contributed by atoms with Crippen LogP contribution in [0.15, 0.2) is 35.0 Å². The van der Waals surface area contributed by atoms with Gasteiger partial charge in [0.25, 0.3) is 0 Å². The Morgan fingerprint density at radius 1 is 0.520 bits per heavy atom. The van der Waals surface area contributed by atoms with E-state index in [0.29, 0.717) is 12.1 Å². The van der Waals surface area contributed by atoms with Crippen LogP contribution in [0.2, 0.25) is 0 Å². The highest BCUT2D eigenvalue weighted by Gasteiger charge is 2.86. The minimum atomic E-state index is -7.05. The summed E-state index contributed by atoms with van der Waals surface area (Å²) in [5.41, 5.74) is 0. The predicted molar refractivity (Wildman–Crippen MR) is 71.3 cm³/mol. The van der Waals surface area contributed by atoms with Gasteiger partial charge in [0.05, 0.1) is 9.75 Å². The van der Waals surface area contributed by atoms with Gasteiger partial charge in [-0.1, -0.05) is 12.1 Å². The van der Waals surface area contributed by atoms with E-state index in [2.05, 4.69) is 0 Å². The summed E-state index contributed by atoms with van der Waals surface area (Å²) in [6.45, 7) is 0. The lowest BCUT2D eigenvalue weighted by atomic mass is 9.93. The van der Waals surface area contributed by atoms with E-state index in [4.69, 9.17) is 0 Å². The van der Waals surface area contributed by atoms with E-state index in [9.17, 15) is 43.9 Å². The zero-order chi connectivity index (χ0) is 19.3. The van der Waals surface area contributed by atoms with Crippen molar-refractivity contribution in [2.45, 2.75) is 29.6 Å². The Labute approximate surface area is 141 Å². The molecule has 0 saturated heterocycles. The van der Waals surface area contributed by atoms with Gasteiger partial charge in [0.15, 0.2) is 0 Å². The Bertz CT molecular complexity index is 643. The van der Waals surface area contributed by atoms with Crippen LogP contribution in [0.4, 0.5) is 43.9 Å². The molecule has 0 aromatic carbocycles. The Kier molecular flexibility index (Phi) is 4.69. The molecule has 0 bridgehead atoms. The Hall–Kier alpha value is -1.30. The van der Waals surface area contributed by atoms with E-state index in [0.717, 1.165) is 22.9 Å². The third-order valence-electron chi connectivity index (χ3n) is 3.24. The van der Waals surface area contributed by atoms with E-state index >= 15 is 0 Å². The van der Waals surface area contributed by atoms with Crippen molar-refractivity contribution in [1.82, 2.24) is 0 Å². The molecule has 12 heteroatoms. The highest BCUT2D eigenvalue weighted by atomic mass is 32.1. The van der Waals surface area contributed by atoms with E-state index in [1.165, 1.54) is 0 Å². The molecule has 2 aromatic heterocycles. The molecule has 0 saturated carbocycles. The van der Waals surface area contributed by atoms with Gasteiger partial charge in [0, 0.05) is 0 Å². The molecule has 0 aliphatic heterocycles. The van der Waals surface area contributed by atoms with Crippen LogP contribution in [0.1, 0.15) is 9.75 Å². The van der Waals surface area contributed by atoms with E-state index in [-0.39, 0.29) is 22.7 Å². The third kappa shape index (κ3) is 2.64. The summed E-state index contributed by atoms with van der Waals surface area (Å²) >= 11 is -0.210. The topological polar surface area (TPSA) is 0 Å². The fourth-order valence-corrected chi connectivity index (χ4v) is 3.29. The average molecular weight is 416 g/mol. The Morgan fingerprint density at radius 3 is 1.08 bits per heavy atom. The monoisotopic (exact) mass is 416 g/mol. The van der Waals surface area contributed by atoms with Gasteiger partial charge < -0.3 is 0 Å². The molecular weight excluding hydrogens is 410 g/mol. The summed E-state index contributed by atoms with van der Waals surface area (Å²) in [4.78, 5) is -3.32. The third-order valence-corrected chi connectivity index (χ3v) is 5.12. The van der Waals surface area contributed by atoms with Crippen LogP contribution in [0.5, 0.6) is 0 Å². The molecule has 2 aromatic rings. The molecule has 0 atom stereocenters. The molecular formula is C13H6F10S2. The van der Waals surface area contributed by atoms with Gasteiger partial charge in [-0.2, -0.15) is 43.9 Å². The second-order valence-corrected chi connectivity index (χ2v) is 6.72. The van der Waals surface area contributed by atoms with Crippen LogP contribution in [0, 0.1) is 0 Å². The zero-order valence-corrected chi connectivity index (χ0v) is 13.2. The first-order valence-electron chi connectivity index (χ1n) is 6.18. The van der Waals surface area contributed by atoms with Gasteiger partial charge in [0.2, 0.25) is 0 Å². The molecule has 0 aliphatic rings. The van der Waals surface area contributed by atoms with E-state index in [1.807, 2.05) is 0 Å². The van der Waals surface area contributed by atoms with Crippen LogP contribution >= 0.6 is 22.7 Å². The molecule has 0 N–H and O–H groups in total. The first-order chi connectivity index (χ1) is 11.2. The molecule has 140 valence electrons. The zero-order valence-electron chi connectivity index (χ0n) is 11.6. The van der Waals surface area contributed by atoms with Crippen LogP contribution in [0.3, 0.4) is 0 Å². The van der Waals surface area contributed by atoms with Crippen molar-refractivity contribution < 1.29 is 43.9 Å². The lowest BCUT2D eigenvalue weighted by Crippen LogP contribution is -2.65. The van der Waals surface area contributed by atoms with Crippen LogP contribution in [-0.2, 0) is 11.8 Å². The van der Waals surface area contributed by atoms with Crippen molar-refractivity contribution in [3.8, 4) is 0 Å². The largest absolute Gasteiger partial charge is 0.385 e. The summed E-state index contributed by atoms with van der Waals surface area (Å²) in [7, 11) is 0. The predicted octanol–water partition coefficient (Wildman–Crippen LogP) is 6.60. The van der Waals surface area contributed by atoms with Gasteiger partial charge in [0.1, 0.15) is 0 Å². The quantitative estimate of drug-likeness (QED) is 0.466. The number of hydrogen-bond donors (Lipinski definition) is 0. The maximum absolute atomic E-state index is 13.7. The smallest absolute Gasteiger partial charge is 0.193 e. The summed E-state index contributed by atoms with van der Waals surface area (Å²) in [6, 6.07) is 2.20. The highest BCUT2D eigenvalue weighted by molar-refractivity contribution is 7.10. The van der Waals surface area contributed by atoms with Crippen LogP contribution in [-0.4, -0.2) is 17.8 Å². The summed E-state index contributed by atoms with van der Waals surface area (Å²) in [6.07, 6.45) is 0. The van der Waals surface area contributed by atoms with Crippen molar-refractivity contribution in [3.63, 3.8) is 0 Å². The van der Waals surface area contributed by atoms with Crippen molar-refractivity contribution >= 4 is 22.7 Å². The van der Waals surface area contributed by atoms with Gasteiger partial charge in [-0.3, -0.25) is 0 Å². The summed E-state index contributed by atoms with van der Waals surface area (Å²) in [5, 5.41) is 1.63. The second kappa shape index (κ2) is 5.86. The number of rotatable bonds is 6. The van der Waals surface area contributed by atoms with Crippen molar-refractivity contribution in [3.05, 3.63) is 44.8 Å². The van der Waals surface area contributed by atoms with Crippen molar-refractivity contribution in [2.75, 3.05) is 0 Å². The van der Waals surface area contributed by atoms with Crippen molar-refractivity contribution in [2.24, 2.45) is 0 Å². The first-order valence-corrected chi connectivity index (χ1v) is 7.94. The first kappa shape index (κ1) is 20.0. The molecule has 0 spiro atoms. The normalized spacial score (nSPS) is 14.8. The molecule has 2 rings (SSSR count). The summed E-state index contributed by atoms with van der Waals surface area (Å²) < 4.78 is 137. The fraction of sp³-hybridized carbons (Fsp3) is 0.385. The van der Waals surface area contributed by atoms with E-state index in [1.54, 1.807) is 0 Å². The molecule has 0 amide bonds. The number of thiophene rings is 2. The maximum atomic E-state index is 13.7. The Balaban J connectivity index is 2.55. The number of halogens is 10. The number of hydrogen-bond acceptors (Lipinski definition) is 2. The molecule has 0 nitrogen and oxygen atoms in total. The number of alkyl halides is 10. The minimum absolute atomic E-state index is 0.105. The summed E-state index contributed by atoms with van der Waals surface area (Å²) in [5.74, 6) is -32.2. The van der Waals surface area contributed by atoms with Gasteiger partial charge in [-0.15, -0.1) is 22.7 Å². The van der Waals surface area contributed by atoms with Crippen LogP contribution < -0.4 is 0 Å².